The van der Waals surface area contributed by atoms with E-state index < -0.39 is 0 Å². The molecule has 0 bridgehead atoms. The highest BCUT2D eigenvalue weighted by Crippen LogP contribution is 2.20. The van der Waals surface area contributed by atoms with Crippen molar-refractivity contribution in [3.63, 3.8) is 0 Å². The van der Waals surface area contributed by atoms with Crippen LogP contribution in [0.15, 0.2) is 18.2 Å². The van der Waals surface area contributed by atoms with Gasteiger partial charge >= 0.3 is 0 Å². The first-order valence-electron chi connectivity index (χ1n) is 3.95. The number of hydrogen-bond acceptors (Lipinski definition) is 4. The molecule has 0 aliphatic heterocycles. The zero-order valence-electron chi connectivity index (χ0n) is 7.37. The molecule has 0 spiro atoms. The fraction of sp³-hybridized carbons (Fsp3) is 0.222. The molecule has 4 nitrogen and oxygen atoms in total. The van der Waals surface area contributed by atoms with Crippen LogP contribution in [0.4, 0.5) is 5.69 Å². The monoisotopic (exact) mass is 180 g/mol. The molecule has 1 aromatic rings. The number of benzene rings is 1. The molecule has 70 valence electrons. The second kappa shape index (κ2) is 3.80. The van der Waals surface area contributed by atoms with Crippen molar-refractivity contribution >= 4 is 11.6 Å². The predicted octanol–water partition coefficient (Wildman–Crippen LogP) is 1.34. The van der Waals surface area contributed by atoms with Gasteiger partial charge in [-0.3, -0.25) is 5.41 Å². The smallest absolute Gasteiger partial charge is 0.217 e. The largest absolute Gasteiger partial charge is 0.507 e. The van der Waals surface area contributed by atoms with Crippen LogP contribution in [0.25, 0.3) is 0 Å². The summed E-state index contributed by atoms with van der Waals surface area (Å²) in [5.74, 6) is -0.0709. The summed E-state index contributed by atoms with van der Waals surface area (Å²) in [5, 5.41) is 16.8. The van der Waals surface area contributed by atoms with Crippen LogP contribution in [0.3, 0.4) is 0 Å². The average Bonchev–Trinajstić information content (AvgIpc) is 2.04. The van der Waals surface area contributed by atoms with Crippen molar-refractivity contribution in [3.8, 4) is 5.75 Å². The number of hydrogen-bond donors (Lipinski definition) is 3. The second-order valence-electron chi connectivity index (χ2n) is 2.54. The number of phenols is 1. The number of anilines is 1. The van der Waals surface area contributed by atoms with Gasteiger partial charge in [0.05, 0.1) is 12.2 Å². The Labute approximate surface area is 76.5 Å². The van der Waals surface area contributed by atoms with Gasteiger partial charge < -0.3 is 15.6 Å². The topological polar surface area (TPSA) is 79.3 Å². The van der Waals surface area contributed by atoms with Gasteiger partial charge in [-0.2, -0.15) is 0 Å². The van der Waals surface area contributed by atoms with E-state index in [0.29, 0.717) is 17.9 Å². The maximum absolute atomic E-state index is 9.39. The molecule has 4 heteroatoms. The molecular formula is C9H12N2O2. The molecule has 0 amide bonds. The van der Waals surface area contributed by atoms with Crippen LogP contribution in [0.5, 0.6) is 5.75 Å². The first-order chi connectivity index (χ1) is 6.15. The number of phenolic OH excluding ortho intramolecular Hbond substituents is 1. The average molecular weight is 180 g/mol. The van der Waals surface area contributed by atoms with Crippen molar-refractivity contribution in [2.24, 2.45) is 0 Å². The molecule has 0 radical (unpaired) electrons. The number of nitrogen functional groups attached to an aromatic ring is 1. The van der Waals surface area contributed by atoms with Crippen molar-refractivity contribution in [1.29, 1.82) is 5.41 Å². The minimum absolute atomic E-state index is 0.0292. The number of ether oxygens (including phenoxy) is 1. The van der Waals surface area contributed by atoms with Gasteiger partial charge in [0, 0.05) is 11.8 Å². The molecule has 0 aliphatic carbocycles. The lowest BCUT2D eigenvalue weighted by atomic mass is 10.2. The fourth-order valence-corrected chi connectivity index (χ4v) is 0.963. The van der Waals surface area contributed by atoms with Gasteiger partial charge in [-0.05, 0) is 19.1 Å². The van der Waals surface area contributed by atoms with E-state index in [1.54, 1.807) is 19.1 Å². The minimum atomic E-state index is -0.0417. The number of nitrogens with one attached hydrogen (secondary N) is 1. The molecule has 4 N–H and O–H groups in total. The molecule has 1 rings (SSSR count). The van der Waals surface area contributed by atoms with Gasteiger partial charge in [-0.25, -0.2) is 0 Å². The SMILES string of the molecule is CCOC(=N)c1ccc(N)cc1O. The zero-order chi connectivity index (χ0) is 9.84. The zero-order valence-corrected chi connectivity index (χ0v) is 7.37. The first kappa shape index (κ1) is 9.38. The Balaban J connectivity index is 2.95. The van der Waals surface area contributed by atoms with E-state index in [1.807, 2.05) is 0 Å². The lowest BCUT2D eigenvalue weighted by molar-refractivity contribution is 0.324. The Kier molecular flexibility index (Phi) is 2.74. The normalized spacial score (nSPS) is 9.62. The predicted molar refractivity (Wildman–Crippen MR) is 51.0 cm³/mol. The van der Waals surface area contributed by atoms with E-state index in [9.17, 15) is 5.11 Å². The lowest BCUT2D eigenvalue weighted by Crippen LogP contribution is -2.05. The molecule has 13 heavy (non-hydrogen) atoms. The van der Waals surface area contributed by atoms with Crippen LogP contribution in [-0.2, 0) is 4.74 Å². The van der Waals surface area contributed by atoms with Crippen molar-refractivity contribution in [2.45, 2.75) is 6.92 Å². The second-order valence-corrected chi connectivity index (χ2v) is 2.54. The molecule has 1 aromatic carbocycles. The third-order valence-corrected chi connectivity index (χ3v) is 1.56. The molecule has 0 aromatic heterocycles. The summed E-state index contributed by atoms with van der Waals surface area (Å²) in [7, 11) is 0. The summed E-state index contributed by atoms with van der Waals surface area (Å²) in [6.45, 7) is 2.19. The highest BCUT2D eigenvalue weighted by atomic mass is 16.5. The number of rotatable bonds is 2. The van der Waals surface area contributed by atoms with Crippen molar-refractivity contribution in [3.05, 3.63) is 23.8 Å². The quantitative estimate of drug-likeness (QED) is 0.365. The minimum Gasteiger partial charge on any atom is -0.507 e. The maximum Gasteiger partial charge on any atom is 0.217 e. The standard InChI is InChI=1S/C9H12N2O2/c1-2-13-9(11)7-4-3-6(10)5-8(7)12/h3-5,11-12H,2,10H2,1H3. The first-order valence-corrected chi connectivity index (χ1v) is 3.95. The number of nitrogens with two attached hydrogens (primary N) is 1. The Morgan fingerprint density at radius 1 is 1.62 bits per heavy atom. The Morgan fingerprint density at radius 2 is 2.31 bits per heavy atom. The van der Waals surface area contributed by atoms with Gasteiger partial charge in [0.2, 0.25) is 5.90 Å². The summed E-state index contributed by atoms with van der Waals surface area (Å²) < 4.78 is 4.93. The Bertz CT molecular complexity index is 323. The summed E-state index contributed by atoms with van der Waals surface area (Å²) in [4.78, 5) is 0. The van der Waals surface area contributed by atoms with Gasteiger partial charge in [0.25, 0.3) is 0 Å². The third-order valence-electron chi connectivity index (χ3n) is 1.56. The van der Waals surface area contributed by atoms with Crippen LogP contribution in [0, 0.1) is 5.41 Å². The van der Waals surface area contributed by atoms with Crippen molar-refractivity contribution in [2.75, 3.05) is 12.3 Å². The van der Waals surface area contributed by atoms with Gasteiger partial charge in [-0.15, -0.1) is 0 Å². The van der Waals surface area contributed by atoms with E-state index in [2.05, 4.69) is 0 Å². The van der Waals surface area contributed by atoms with E-state index >= 15 is 0 Å². The lowest BCUT2D eigenvalue weighted by Gasteiger charge is -2.06. The highest BCUT2D eigenvalue weighted by molar-refractivity contribution is 5.94. The molecule has 0 aliphatic rings. The van der Waals surface area contributed by atoms with Gasteiger partial charge in [0.15, 0.2) is 0 Å². The molecule has 0 saturated heterocycles. The molecule has 0 saturated carbocycles. The van der Waals surface area contributed by atoms with Crippen LogP contribution < -0.4 is 5.73 Å². The molecular weight excluding hydrogens is 168 g/mol. The van der Waals surface area contributed by atoms with E-state index in [-0.39, 0.29) is 11.6 Å². The summed E-state index contributed by atoms with van der Waals surface area (Å²) >= 11 is 0. The molecule has 0 heterocycles. The van der Waals surface area contributed by atoms with E-state index in [1.165, 1.54) is 6.07 Å². The summed E-state index contributed by atoms with van der Waals surface area (Å²) in [6, 6.07) is 4.56. The maximum atomic E-state index is 9.39. The third kappa shape index (κ3) is 2.11. The highest BCUT2D eigenvalue weighted by Gasteiger charge is 2.07. The Hall–Kier alpha value is -1.71. The summed E-state index contributed by atoms with van der Waals surface area (Å²) in [6.07, 6.45) is 0. The molecule has 0 unspecified atom stereocenters. The van der Waals surface area contributed by atoms with Crippen LogP contribution in [0.1, 0.15) is 12.5 Å². The molecule has 0 fully saturated rings. The van der Waals surface area contributed by atoms with Crippen LogP contribution in [-0.4, -0.2) is 17.6 Å². The van der Waals surface area contributed by atoms with Gasteiger partial charge in [0.1, 0.15) is 5.75 Å². The fourth-order valence-electron chi connectivity index (χ4n) is 0.963. The van der Waals surface area contributed by atoms with Gasteiger partial charge in [-0.1, -0.05) is 0 Å². The van der Waals surface area contributed by atoms with Crippen molar-refractivity contribution < 1.29 is 9.84 Å². The molecule has 0 atom stereocenters. The summed E-state index contributed by atoms with van der Waals surface area (Å²) in [5.41, 5.74) is 6.25. The van der Waals surface area contributed by atoms with Crippen LogP contribution >= 0.6 is 0 Å². The van der Waals surface area contributed by atoms with E-state index in [4.69, 9.17) is 15.9 Å². The Morgan fingerprint density at radius 3 is 2.85 bits per heavy atom. The van der Waals surface area contributed by atoms with Crippen LogP contribution in [0.2, 0.25) is 0 Å². The van der Waals surface area contributed by atoms with Crippen molar-refractivity contribution in [1.82, 2.24) is 0 Å². The van der Waals surface area contributed by atoms with E-state index in [0.717, 1.165) is 0 Å². The number of aromatic hydroxyl groups is 1.